The number of methoxy groups -OCH3 is 1. The van der Waals surface area contributed by atoms with Crippen molar-refractivity contribution < 1.29 is 4.74 Å². The summed E-state index contributed by atoms with van der Waals surface area (Å²) in [5.74, 6) is 0.944. The van der Waals surface area contributed by atoms with Crippen molar-refractivity contribution in [1.82, 2.24) is 0 Å². The Labute approximate surface area is 91.4 Å². The molecule has 0 aromatic heterocycles. The average Bonchev–Trinajstić information content (AvgIpc) is 2.24. The summed E-state index contributed by atoms with van der Waals surface area (Å²) in [7, 11) is 1.71. The molecule has 0 unspecified atom stereocenters. The molecule has 0 bridgehead atoms. The van der Waals surface area contributed by atoms with Crippen molar-refractivity contribution in [3.8, 4) is 5.75 Å². The van der Waals surface area contributed by atoms with Crippen molar-refractivity contribution in [1.29, 1.82) is 0 Å². The highest BCUT2D eigenvalue weighted by atomic mass is 16.5. The normalized spacial score (nSPS) is 18.3. The molecule has 2 rings (SSSR count). The molecule has 1 fully saturated rings. The van der Waals surface area contributed by atoms with Crippen LogP contribution in [0, 0.1) is 5.41 Å². The minimum atomic E-state index is 0.381. The summed E-state index contributed by atoms with van der Waals surface area (Å²) in [5, 5.41) is 0. The van der Waals surface area contributed by atoms with Crippen molar-refractivity contribution in [2.45, 2.75) is 25.7 Å². The topological polar surface area (TPSA) is 35.2 Å². The first-order chi connectivity index (χ1) is 7.28. The predicted octanol–water partition coefficient (Wildman–Crippen LogP) is 2.37. The van der Waals surface area contributed by atoms with Gasteiger partial charge in [-0.25, -0.2) is 0 Å². The minimum absolute atomic E-state index is 0.381. The maximum Gasteiger partial charge on any atom is 0.119 e. The van der Waals surface area contributed by atoms with Crippen molar-refractivity contribution in [3.05, 3.63) is 29.8 Å². The molecular formula is C13H19NO. The van der Waals surface area contributed by atoms with Gasteiger partial charge in [-0.15, -0.1) is 0 Å². The van der Waals surface area contributed by atoms with Crippen molar-refractivity contribution >= 4 is 0 Å². The molecule has 0 amide bonds. The van der Waals surface area contributed by atoms with E-state index in [-0.39, 0.29) is 0 Å². The number of ether oxygens (including phenoxy) is 1. The molecule has 82 valence electrons. The molecular weight excluding hydrogens is 186 g/mol. The van der Waals surface area contributed by atoms with E-state index >= 15 is 0 Å². The molecule has 1 aliphatic rings. The van der Waals surface area contributed by atoms with Crippen LogP contribution in [0.4, 0.5) is 0 Å². The van der Waals surface area contributed by atoms with Gasteiger partial charge >= 0.3 is 0 Å². The summed E-state index contributed by atoms with van der Waals surface area (Å²) >= 11 is 0. The van der Waals surface area contributed by atoms with E-state index in [4.69, 9.17) is 10.5 Å². The Kier molecular flexibility index (Phi) is 2.96. The van der Waals surface area contributed by atoms with Crippen LogP contribution in [0.5, 0.6) is 5.75 Å². The van der Waals surface area contributed by atoms with Crippen LogP contribution in [0.1, 0.15) is 24.8 Å². The Morgan fingerprint density at radius 1 is 1.40 bits per heavy atom. The Morgan fingerprint density at radius 2 is 2.20 bits per heavy atom. The lowest BCUT2D eigenvalue weighted by Crippen LogP contribution is -2.39. The van der Waals surface area contributed by atoms with Gasteiger partial charge in [-0.3, -0.25) is 0 Å². The van der Waals surface area contributed by atoms with E-state index in [1.807, 2.05) is 6.07 Å². The molecule has 15 heavy (non-hydrogen) atoms. The second kappa shape index (κ2) is 4.23. The van der Waals surface area contributed by atoms with Crippen LogP contribution in [0.25, 0.3) is 0 Å². The number of benzene rings is 1. The summed E-state index contributed by atoms with van der Waals surface area (Å²) in [4.78, 5) is 0. The Bertz CT molecular complexity index is 326. The molecule has 1 aromatic rings. The van der Waals surface area contributed by atoms with E-state index in [9.17, 15) is 0 Å². The molecule has 1 aromatic carbocycles. The smallest absolute Gasteiger partial charge is 0.119 e. The van der Waals surface area contributed by atoms with Crippen LogP contribution in [0.3, 0.4) is 0 Å². The molecule has 0 heterocycles. The summed E-state index contributed by atoms with van der Waals surface area (Å²) in [6.45, 7) is 0.810. The van der Waals surface area contributed by atoms with Gasteiger partial charge in [0.2, 0.25) is 0 Å². The number of rotatable bonds is 4. The van der Waals surface area contributed by atoms with E-state index in [2.05, 4.69) is 18.2 Å². The SMILES string of the molecule is COc1cccc(CC2(CN)CCC2)c1. The van der Waals surface area contributed by atoms with Gasteiger partial charge in [-0.1, -0.05) is 18.6 Å². The standard InChI is InChI=1S/C13H19NO/c1-15-12-5-2-4-11(8-12)9-13(10-14)6-3-7-13/h2,4-5,8H,3,6-7,9-10,14H2,1H3. The van der Waals surface area contributed by atoms with E-state index < -0.39 is 0 Å². The summed E-state index contributed by atoms with van der Waals surface area (Å²) < 4.78 is 5.22. The molecule has 1 aliphatic carbocycles. The molecule has 1 saturated carbocycles. The first-order valence-electron chi connectivity index (χ1n) is 5.61. The summed E-state index contributed by atoms with van der Waals surface area (Å²) in [6, 6.07) is 8.32. The van der Waals surface area contributed by atoms with Gasteiger partial charge in [0.05, 0.1) is 7.11 Å². The second-order valence-electron chi connectivity index (χ2n) is 4.59. The lowest BCUT2D eigenvalue weighted by molar-refractivity contribution is 0.145. The summed E-state index contributed by atoms with van der Waals surface area (Å²) in [6.07, 6.45) is 4.99. The van der Waals surface area contributed by atoms with Crippen LogP contribution in [-0.4, -0.2) is 13.7 Å². The van der Waals surface area contributed by atoms with Crippen LogP contribution in [0.15, 0.2) is 24.3 Å². The van der Waals surface area contributed by atoms with E-state index in [1.165, 1.54) is 24.8 Å². The van der Waals surface area contributed by atoms with Gasteiger partial charge in [0, 0.05) is 0 Å². The maximum atomic E-state index is 5.86. The van der Waals surface area contributed by atoms with Crippen LogP contribution < -0.4 is 10.5 Å². The van der Waals surface area contributed by atoms with E-state index in [0.29, 0.717) is 5.41 Å². The van der Waals surface area contributed by atoms with Gasteiger partial charge in [0.15, 0.2) is 0 Å². The highest BCUT2D eigenvalue weighted by Gasteiger charge is 2.35. The van der Waals surface area contributed by atoms with Gasteiger partial charge < -0.3 is 10.5 Å². The predicted molar refractivity (Wildman–Crippen MR) is 62.0 cm³/mol. The van der Waals surface area contributed by atoms with E-state index in [0.717, 1.165) is 18.7 Å². The lowest BCUT2D eigenvalue weighted by atomic mass is 9.65. The third-order valence-electron chi connectivity index (χ3n) is 3.56. The molecule has 2 nitrogen and oxygen atoms in total. The van der Waals surface area contributed by atoms with Crippen LogP contribution in [0.2, 0.25) is 0 Å². The van der Waals surface area contributed by atoms with Crippen LogP contribution >= 0.6 is 0 Å². The molecule has 2 heteroatoms. The fraction of sp³-hybridized carbons (Fsp3) is 0.538. The molecule has 0 radical (unpaired) electrons. The van der Waals surface area contributed by atoms with Crippen molar-refractivity contribution in [2.24, 2.45) is 11.1 Å². The third kappa shape index (κ3) is 2.15. The molecule has 0 atom stereocenters. The monoisotopic (exact) mass is 205 g/mol. The van der Waals surface area contributed by atoms with Gasteiger partial charge in [-0.05, 0) is 48.9 Å². The number of hydrogen-bond acceptors (Lipinski definition) is 2. The zero-order valence-corrected chi connectivity index (χ0v) is 9.33. The lowest BCUT2D eigenvalue weighted by Gasteiger charge is -2.41. The molecule has 0 spiro atoms. The molecule has 0 saturated heterocycles. The first kappa shape index (κ1) is 10.5. The largest absolute Gasteiger partial charge is 0.497 e. The third-order valence-corrected chi connectivity index (χ3v) is 3.56. The summed E-state index contributed by atoms with van der Waals surface area (Å²) in [5.41, 5.74) is 7.58. The maximum absolute atomic E-state index is 5.86. The molecule has 2 N–H and O–H groups in total. The average molecular weight is 205 g/mol. The van der Waals surface area contributed by atoms with E-state index in [1.54, 1.807) is 7.11 Å². The fourth-order valence-corrected chi connectivity index (χ4v) is 2.35. The highest BCUT2D eigenvalue weighted by Crippen LogP contribution is 2.42. The van der Waals surface area contributed by atoms with Gasteiger partial charge in [-0.2, -0.15) is 0 Å². The first-order valence-corrected chi connectivity index (χ1v) is 5.61. The fourth-order valence-electron chi connectivity index (χ4n) is 2.35. The van der Waals surface area contributed by atoms with Crippen molar-refractivity contribution in [2.75, 3.05) is 13.7 Å². The van der Waals surface area contributed by atoms with Gasteiger partial charge in [0.25, 0.3) is 0 Å². The minimum Gasteiger partial charge on any atom is -0.497 e. The zero-order chi connectivity index (χ0) is 10.7. The highest BCUT2D eigenvalue weighted by molar-refractivity contribution is 5.29. The van der Waals surface area contributed by atoms with Gasteiger partial charge in [0.1, 0.15) is 5.75 Å². The quantitative estimate of drug-likeness (QED) is 0.819. The molecule has 0 aliphatic heterocycles. The zero-order valence-electron chi connectivity index (χ0n) is 9.33. The van der Waals surface area contributed by atoms with Crippen LogP contribution in [-0.2, 0) is 6.42 Å². The Balaban J connectivity index is 2.09. The number of hydrogen-bond donors (Lipinski definition) is 1. The Morgan fingerprint density at radius 3 is 2.73 bits per heavy atom. The second-order valence-corrected chi connectivity index (χ2v) is 4.59. The number of nitrogens with two attached hydrogens (primary N) is 1. The Hall–Kier alpha value is -1.02. The van der Waals surface area contributed by atoms with Crippen molar-refractivity contribution in [3.63, 3.8) is 0 Å².